The molecule has 0 aliphatic rings. The summed E-state index contributed by atoms with van der Waals surface area (Å²) in [7, 11) is 0. The van der Waals surface area contributed by atoms with Gasteiger partial charge in [-0.1, -0.05) is 38.1 Å². The Kier molecular flexibility index (Phi) is 4.68. The third-order valence-electron chi connectivity index (χ3n) is 2.83. The van der Waals surface area contributed by atoms with Crippen molar-refractivity contribution in [2.24, 2.45) is 0 Å². The van der Waals surface area contributed by atoms with Crippen molar-refractivity contribution >= 4 is 0 Å². The summed E-state index contributed by atoms with van der Waals surface area (Å²) < 4.78 is 0. The minimum atomic E-state index is 0.286. The van der Waals surface area contributed by atoms with Crippen molar-refractivity contribution in [2.75, 3.05) is 6.61 Å². The lowest BCUT2D eigenvalue weighted by Crippen LogP contribution is -2.00. The van der Waals surface area contributed by atoms with Gasteiger partial charge in [0, 0.05) is 6.61 Å². The summed E-state index contributed by atoms with van der Waals surface area (Å²) in [5.41, 5.74) is 2.74. The van der Waals surface area contributed by atoms with Gasteiger partial charge in [-0.3, -0.25) is 0 Å². The Labute approximate surface area is 86.8 Å². The quantitative estimate of drug-likeness (QED) is 0.760. The van der Waals surface area contributed by atoms with Gasteiger partial charge < -0.3 is 5.11 Å². The molecule has 78 valence electrons. The SMILES string of the molecule is CCc1ccc(C(CC)CCO)cc1. The second kappa shape index (κ2) is 5.82. The molecule has 1 unspecified atom stereocenters. The van der Waals surface area contributed by atoms with Gasteiger partial charge in [-0.25, -0.2) is 0 Å². The monoisotopic (exact) mass is 192 g/mol. The van der Waals surface area contributed by atoms with E-state index in [-0.39, 0.29) is 6.61 Å². The molecule has 0 radical (unpaired) electrons. The van der Waals surface area contributed by atoms with Crippen LogP contribution in [0.4, 0.5) is 0 Å². The molecular weight excluding hydrogens is 172 g/mol. The number of aryl methyl sites for hydroxylation is 1. The third-order valence-corrected chi connectivity index (χ3v) is 2.83. The highest BCUT2D eigenvalue weighted by Crippen LogP contribution is 2.23. The average Bonchev–Trinajstić information content (AvgIpc) is 2.26. The summed E-state index contributed by atoms with van der Waals surface area (Å²) in [5.74, 6) is 0.519. The van der Waals surface area contributed by atoms with Gasteiger partial charge in [-0.2, -0.15) is 0 Å². The van der Waals surface area contributed by atoms with Gasteiger partial charge >= 0.3 is 0 Å². The topological polar surface area (TPSA) is 20.2 Å². The largest absolute Gasteiger partial charge is 0.396 e. The molecule has 0 bridgehead atoms. The summed E-state index contributed by atoms with van der Waals surface area (Å²) in [4.78, 5) is 0. The van der Waals surface area contributed by atoms with E-state index in [1.54, 1.807) is 0 Å². The fraction of sp³-hybridized carbons (Fsp3) is 0.538. The van der Waals surface area contributed by atoms with E-state index in [0.29, 0.717) is 5.92 Å². The lowest BCUT2D eigenvalue weighted by molar-refractivity contribution is 0.274. The number of rotatable bonds is 5. The first-order chi connectivity index (χ1) is 6.81. The molecular formula is C13H20O. The lowest BCUT2D eigenvalue weighted by atomic mass is 9.93. The molecule has 0 aliphatic carbocycles. The van der Waals surface area contributed by atoms with Crippen LogP contribution in [0, 0.1) is 0 Å². The highest BCUT2D eigenvalue weighted by molar-refractivity contribution is 5.25. The molecule has 1 aromatic rings. The Morgan fingerprint density at radius 2 is 1.79 bits per heavy atom. The number of hydrogen-bond donors (Lipinski definition) is 1. The van der Waals surface area contributed by atoms with E-state index in [1.165, 1.54) is 11.1 Å². The molecule has 0 fully saturated rings. The lowest BCUT2D eigenvalue weighted by Gasteiger charge is -2.14. The maximum Gasteiger partial charge on any atom is 0.0436 e. The van der Waals surface area contributed by atoms with Crippen LogP contribution in [0.25, 0.3) is 0 Å². The van der Waals surface area contributed by atoms with Gasteiger partial charge in [-0.05, 0) is 36.3 Å². The van der Waals surface area contributed by atoms with E-state index in [0.717, 1.165) is 19.3 Å². The molecule has 0 spiro atoms. The van der Waals surface area contributed by atoms with Gasteiger partial charge in [0.1, 0.15) is 0 Å². The average molecular weight is 192 g/mol. The van der Waals surface area contributed by atoms with Crippen molar-refractivity contribution in [3.63, 3.8) is 0 Å². The first kappa shape index (κ1) is 11.3. The molecule has 1 rings (SSSR count). The maximum atomic E-state index is 8.93. The van der Waals surface area contributed by atoms with Crippen molar-refractivity contribution in [2.45, 2.75) is 39.0 Å². The Morgan fingerprint density at radius 1 is 1.14 bits per heavy atom. The van der Waals surface area contributed by atoms with Gasteiger partial charge in [0.05, 0.1) is 0 Å². The number of hydrogen-bond acceptors (Lipinski definition) is 1. The molecule has 14 heavy (non-hydrogen) atoms. The molecule has 0 amide bonds. The van der Waals surface area contributed by atoms with Crippen molar-refractivity contribution in [3.05, 3.63) is 35.4 Å². The zero-order valence-corrected chi connectivity index (χ0v) is 9.16. The zero-order valence-electron chi connectivity index (χ0n) is 9.16. The van der Waals surface area contributed by atoms with Crippen LogP contribution in [0.1, 0.15) is 43.7 Å². The number of aliphatic hydroxyl groups excluding tert-OH is 1. The summed E-state index contributed by atoms with van der Waals surface area (Å²) in [6.45, 7) is 4.63. The van der Waals surface area contributed by atoms with Crippen LogP contribution < -0.4 is 0 Å². The van der Waals surface area contributed by atoms with Crippen molar-refractivity contribution in [3.8, 4) is 0 Å². The van der Waals surface area contributed by atoms with E-state index in [2.05, 4.69) is 38.1 Å². The molecule has 1 atom stereocenters. The zero-order chi connectivity index (χ0) is 10.4. The van der Waals surface area contributed by atoms with Crippen LogP contribution in [-0.4, -0.2) is 11.7 Å². The van der Waals surface area contributed by atoms with E-state index in [1.807, 2.05) is 0 Å². The molecule has 0 heterocycles. The van der Waals surface area contributed by atoms with Gasteiger partial charge in [0.15, 0.2) is 0 Å². The number of aliphatic hydroxyl groups is 1. The smallest absolute Gasteiger partial charge is 0.0436 e. The molecule has 0 saturated carbocycles. The number of benzene rings is 1. The Balaban J connectivity index is 2.73. The van der Waals surface area contributed by atoms with Gasteiger partial charge in [0.2, 0.25) is 0 Å². The van der Waals surface area contributed by atoms with Gasteiger partial charge in [0.25, 0.3) is 0 Å². The molecule has 0 saturated heterocycles. The molecule has 1 nitrogen and oxygen atoms in total. The molecule has 0 aliphatic heterocycles. The van der Waals surface area contributed by atoms with Crippen LogP contribution in [0.15, 0.2) is 24.3 Å². The summed E-state index contributed by atoms with van der Waals surface area (Å²) >= 11 is 0. The molecule has 1 aromatic carbocycles. The van der Waals surface area contributed by atoms with Crippen LogP contribution >= 0.6 is 0 Å². The van der Waals surface area contributed by atoms with Crippen LogP contribution in [0.3, 0.4) is 0 Å². The first-order valence-corrected chi connectivity index (χ1v) is 5.51. The Bertz CT molecular complexity index is 250. The first-order valence-electron chi connectivity index (χ1n) is 5.51. The second-order valence-electron chi connectivity index (χ2n) is 3.71. The minimum absolute atomic E-state index is 0.286. The van der Waals surface area contributed by atoms with Crippen LogP contribution in [0.2, 0.25) is 0 Å². The third kappa shape index (κ3) is 2.85. The fourth-order valence-corrected chi connectivity index (χ4v) is 1.79. The fourth-order valence-electron chi connectivity index (χ4n) is 1.79. The molecule has 1 N–H and O–H groups in total. The molecule has 0 aromatic heterocycles. The highest BCUT2D eigenvalue weighted by atomic mass is 16.3. The Morgan fingerprint density at radius 3 is 2.21 bits per heavy atom. The van der Waals surface area contributed by atoms with Gasteiger partial charge in [-0.15, -0.1) is 0 Å². The van der Waals surface area contributed by atoms with Crippen LogP contribution in [-0.2, 0) is 6.42 Å². The van der Waals surface area contributed by atoms with Crippen molar-refractivity contribution < 1.29 is 5.11 Å². The van der Waals surface area contributed by atoms with Crippen LogP contribution in [0.5, 0.6) is 0 Å². The second-order valence-corrected chi connectivity index (χ2v) is 3.71. The summed E-state index contributed by atoms with van der Waals surface area (Å²) in [6.07, 6.45) is 3.07. The summed E-state index contributed by atoms with van der Waals surface area (Å²) in [5, 5.41) is 8.93. The predicted molar refractivity (Wildman–Crippen MR) is 60.6 cm³/mol. The van der Waals surface area contributed by atoms with E-state index < -0.39 is 0 Å². The van der Waals surface area contributed by atoms with Crippen molar-refractivity contribution in [1.29, 1.82) is 0 Å². The van der Waals surface area contributed by atoms with E-state index in [4.69, 9.17) is 5.11 Å². The van der Waals surface area contributed by atoms with Crippen molar-refractivity contribution in [1.82, 2.24) is 0 Å². The maximum absolute atomic E-state index is 8.93. The van der Waals surface area contributed by atoms with E-state index >= 15 is 0 Å². The highest BCUT2D eigenvalue weighted by Gasteiger charge is 2.07. The normalized spacial score (nSPS) is 12.8. The minimum Gasteiger partial charge on any atom is -0.396 e. The Hall–Kier alpha value is -0.820. The molecule has 1 heteroatoms. The summed E-state index contributed by atoms with van der Waals surface area (Å²) in [6, 6.07) is 8.77. The standard InChI is InChI=1S/C13H20O/c1-3-11-5-7-13(8-6-11)12(4-2)9-10-14/h5-8,12,14H,3-4,9-10H2,1-2H3. The predicted octanol–water partition coefficient (Wildman–Crippen LogP) is 3.13. The van der Waals surface area contributed by atoms with E-state index in [9.17, 15) is 0 Å².